The molecular formula is C10H13NO. The number of carbonyl (C=O) groups excluding carboxylic acids is 1. The highest BCUT2D eigenvalue weighted by Gasteiger charge is 2.08. The molecule has 2 heteroatoms. The van der Waals surface area contributed by atoms with Gasteiger partial charge < -0.3 is 5.32 Å². The first kappa shape index (κ1) is 8.94. The lowest BCUT2D eigenvalue weighted by atomic mass is 10.1. The van der Waals surface area contributed by atoms with Crippen molar-refractivity contribution in [1.29, 1.82) is 0 Å². The number of carbonyl (C=O) groups is 1. The minimum absolute atomic E-state index is 0.172. The van der Waals surface area contributed by atoms with Crippen LogP contribution in [0.3, 0.4) is 0 Å². The van der Waals surface area contributed by atoms with E-state index in [1.54, 1.807) is 5.32 Å². The zero-order chi connectivity index (χ0) is 8.97. The number of hydrogen-bond donors (Lipinski definition) is 1. The molecule has 0 spiro atoms. The van der Waals surface area contributed by atoms with Gasteiger partial charge in [0.05, 0.1) is 5.56 Å². The van der Waals surface area contributed by atoms with E-state index in [1.165, 1.54) is 0 Å². The Hall–Kier alpha value is -1.15. The average Bonchev–Trinajstić information content (AvgIpc) is 2.16. The summed E-state index contributed by atoms with van der Waals surface area (Å²) in [4.78, 5) is 11.3. The van der Waals surface area contributed by atoms with Gasteiger partial charge in [0, 0.05) is 6.42 Å². The highest BCUT2D eigenvalue weighted by molar-refractivity contribution is 5.99. The quantitative estimate of drug-likeness (QED) is 0.406. The summed E-state index contributed by atoms with van der Waals surface area (Å²) >= 11 is 0. The lowest BCUT2D eigenvalue weighted by Gasteiger charge is -2.04. The van der Waals surface area contributed by atoms with Crippen molar-refractivity contribution in [1.82, 2.24) is 0 Å². The zero-order valence-electron chi connectivity index (χ0n) is 7.21. The predicted octanol–water partition coefficient (Wildman–Crippen LogP) is 1.27. The number of benzene rings is 1. The van der Waals surface area contributed by atoms with Crippen LogP contribution in [0, 0.1) is 7.05 Å². The number of nitrogens with two attached hydrogens (primary N) is 1. The smallest absolute Gasteiger partial charge is 0.168 e. The second-order valence-electron chi connectivity index (χ2n) is 2.57. The van der Waals surface area contributed by atoms with Crippen LogP contribution in [0.4, 0.5) is 5.69 Å². The Bertz CT molecular complexity index is 281. The van der Waals surface area contributed by atoms with Gasteiger partial charge in [-0.1, -0.05) is 19.1 Å². The van der Waals surface area contributed by atoms with E-state index in [9.17, 15) is 4.79 Å². The Morgan fingerprint density at radius 2 is 2.17 bits per heavy atom. The molecule has 2 N–H and O–H groups in total. The zero-order valence-corrected chi connectivity index (χ0v) is 7.21. The van der Waals surface area contributed by atoms with Crippen LogP contribution >= 0.6 is 0 Å². The molecule has 0 bridgehead atoms. The summed E-state index contributed by atoms with van der Waals surface area (Å²) < 4.78 is 0. The molecule has 0 saturated heterocycles. The molecular weight excluding hydrogens is 150 g/mol. The minimum Gasteiger partial charge on any atom is -0.445 e. The van der Waals surface area contributed by atoms with Crippen molar-refractivity contribution >= 4 is 11.5 Å². The molecule has 0 fully saturated rings. The number of rotatable bonds is 3. The third kappa shape index (κ3) is 1.71. The third-order valence-electron chi connectivity index (χ3n) is 1.80. The van der Waals surface area contributed by atoms with Crippen molar-refractivity contribution in [2.45, 2.75) is 13.3 Å². The van der Waals surface area contributed by atoms with Crippen molar-refractivity contribution in [3.05, 3.63) is 36.9 Å². The van der Waals surface area contributed by atoms with Crippen LogP contribution in [0.2, 0.25) is 0 Å². The van der Waals surface area contributed by atoms with Gasteiger partial charge in [-0.25, -0.2) is 0 Å². The van der Waals surface area contributed by atoms with Gasteiger partial charge in [0.15, 0.2) is 5.78 Å². The lowest BCUT2D eigenvalue weighted by molar-refractivity contribution is -0.504. The molecule has 0 aliphatic carbocycles. The molecule has 0 heterocycles. The fraction of sp³-hybridized carbons (Fsp3) is 0.200. The van der Waals surface area contributed by atoms with E-state index in [0.717, 1.165) is 11.3 Å². The summed E-state index contributed by atoms with van der Waals surface area (Å²) in [5.41, 5.74) is 1.69. The Labute approximate surface area is 72.6 Å². The van der Waals surface area contributed by atoms with Crippen LogP contribution in [0.1, 0.15) is 23.7 Å². The second kappa shape index (κ2) is 4.02. The summed E-state index contributed by atoms with van der Waals surface area (Å²) in [7, 11) is 3.66. The Kier molecular flexibility index (Phi) is 3.00. The summed E-state index contributed by atoms with van der Waals surface area (Å²) in [6.07, 6.45) is 0.546. The maximum Gasteiger partial charge on any atom is 0.168 e. The summed E-state index contributed by atoms with van der Waals surface area (Å²) in [5.74, 6) is 0.172. The van der Waals surface area contributed by atoms with Gasteiger partial charge in [0.1, 0.15) is 5.69 Å². The highest BCUT2D eigenvalue weighted by Crippen LogP contribution is 2.11. The average molecular weight is 163 g/mol. The van der Waals surface area contributed by atoms with Crippen LogP contribution in [0.15, 0.2) is 24.3 Å². The molecule has 1 aromatic rings. The standard InChI is InChI=1S/C10H13NO/c1-3-10(12)8-6-4-5-7-9(8)11-2/h4-7H,2-3,11H2,1H3. The largest absolute Gasteiger partial charge is 0.445 e. The molecule has 1 aromatic carbocycles. The van der Waals surface area contributed by atoms with Crippen LogP contribution in [-0.2, 0) is 0 Å². The minimum atomic E-state index is 0.172. The SMILES string of the molecule is [CH2-][NH2+]c1ccccc1C(=O)CC. The molecule has 1 rings (SSSR count). The van der Waals surface area contributed by atoms with Crippen LogP contribution in [0.5, 0.6) is 0 Å². The maximum atomic E-state index is 11.3. The van der Waals surface area contributed by atoms with Crippen molar-refractivity contribution in [3.63, 3.8) is 0 Å². The highest BCUT2D eigenvalue weighted by atomic mass is 16.1. The number of quaternary nitrogens is 1. The van der Waals surface area contributed by atoms with Crippen LogP contribution in [0.25, 0.3) is 0 Å². The van der Waals surface area contributed by atoms with Gasteiger partial charge in [-0.2, -0.15) is 0 Å². The fourth-order valence-electron chi connectivity index (χ4n) is 1.12. The molecule has 12 heavy (non-hydrogen) atoms. The topological polar surface area (TPSA) is 33.7 Å². The normalized spacial score (nSPS) is 9.83. The lowest BCUT2D eigenvalue weighted by Crippen LogP contribution is -2.70. The molecule has 0 radical (unpaired) electrons. The predicted molar refractivity (Wildman–Crippen MR) is 48.0 cm³/mol. The number of ketones is 1. The molecule has 64 valence electrons. The molecule has 0 atom stereocenters. The molecule has 0 amide bonds. The Morgan fingerprint density at radius 1 is 1.50 bits per heavy atom. The Balaban J connectivity index is 3.04. The molecule has 0 aliphatic rings. The van der Waals surface area contributed by atoms with Gasteiger partial charge in [-0.15, -0.1) is 7.05 Å². The maximum absolute atomic E-state index is 11.3. The van der Waals surface area contributed by atoms with Gasteiger partial charge in [0.25, 0.3) is 0 Å². The molecule has 2 nitrogen and oxygen atoms in total. The summed E-state index contributed by atoms with van der Waals surface area (Å²) in [6, 6.07) is 7.51. The Morgan fingerprint density at radius 3 is 2.75 bits per heavy atom. The van der Waals surface area contributed by atoms with E-state index in [4.69, 9.17) is 0 Å². The van der Waals surface area contributed by atoms with Crippen molar-refractivity contribution in [3.8, 4) is 0 Å². The van der Waals surface area contributed by atoms with E-state index < -0.39 is 0 Å². The summed E-state index contributed by atoms with van der Waals surface area (Å²) in [5, 5.41) is 1.71. The van der Waals surface area contributed by atoms with Gasteiger partial charge in [-0.05, 0) is 12.1 Å². The van der Waals surface area contributed by atoms with Gasteiger partial charge >= 0.3 is 0 Å². The first-order chi connectivity index (χ1) is 5.79. The van der Waals surface area contributed by atoms with Gasteiger partial charge in [0.2, 0.25) is 0 Å². The molecule has 0 aromatic heterocycles. The van der Waals surface area contributed by atoms with E-state index in [1.807, 2.05) is 31.2 Å². The van der Waals surface area contributed by atoms with Crippen molar-refractivity contribution in [2.24, 2.45) is 0 Å². The summed E-state index contributed by atoms with van der Waals surface area (Å²) in [6.45, 7) is 1.86. The van der Waals surface area contributed by atoms with Crippen molar-refractivity contribution in [2.75, 3.05) is 0 Å². The number of para-hydroxylation sites is 1. The second-order valence-corrected chi connectivity index (χ2v) is 2.57. The van der Waals surface area contributed by atoms with E-state index in [2.05, 4.69) is 7.05 Å². The van der Waals surface area contributed by atoms with Crippen LogP contribution in [-0.4, -0.2) is 5.78 Å². The van der Waals surface area contributed by atoms with Gasteiger partial charge in [-0.3, -0.25) is 4.79 Å². The molecule has 0 saturated carbocycles. The number of Topliss-reactive ketones (excluding diaryl/α,β-unsaturated/α-hetero) is 1. The van der Waals surface area contributed by atoms with E-state index >= 15 is 0 Å². The van der Waals surface area contributed by atoms with Crippen LogP contribution < -0.4 is 5.32 Å². The first-order valence-corrected chi connectivity index (χ1v) is 4.04. The molecule has 0 aliphatic heterocycles. The first-order valence-electron chi connectivity index (χ1n) is 4.04. The number of hydrogen-bond acceptors (Lipinski definition) is 1. The fourth-order valence-corrected chi connectivity index (χ4v) is 1.12. The molecule has 0 unspecified atom stereocenters. The third-order valence-corrected chi connectivity index (χ3v) is 1.80. The van der Waals surface area contributed by atoms with E-state index in [-0.39, 0.29) is 5.78 Å². The van der Waals surface area contributed by atoms with Crippen molar-refractivity contribution < 1.29 is 10.1 Å². The van der Waals surface area contributed by atoms with E-state index in [0.29, 0.717) is 6.42 Å². The monoisotopic (exact) mass is 163 g/mol.